The van der Waals surface area contributed by atoms with Crippen LogP contribution in [0.4, 0.5) is 5.95 Å². The lowest BCUT2D eigenvalue weighted by atomic mass is 10.1. The maximum Gasteiger partial charge on any atom is 0.204 e. The third-order valence-electron chi connectivity index (χ3n) is 5.13. The minimum Gasteiger partial charge on any atom is -0.377 e. The van der Waals surface area contributed by atoms with Gasteiger partial charge >= 0.3 is 0 Å². The molecule has 5 nitrogen and oxygen atoms in total. The molecule has 0 N–H and O–H groups in total. The van der Waals surface area contributed by atoms with Crippen LogP contribution in [-0.2, 0) is 18.3 Å². The van der Waals surface area contributed by atoms with E-state index in [1.165, 1.54) is 44.2 Å². The molecule has 0 aromatic carbocycles. The van der Waals surface area contributed by atoms with Crippen LogP contribution in [-0.4, -0.2) is 53.8 Å². The van der Waals surface area contributed by atoms with Gasteiger partial charge in [0, 0.05) is 46.9 Å². The van der Waals surface area contributed by atoms with Gasteiger partial charge in [-0.25, -0.2) is 4.98 Å². The summed E-state index contributed by atoms with van der Waals surface area (Å²) in [6, 6.07) is 0.724. The fourth-order valence-corrected chi connectivity index (χ4v) is 3.87. The third kappa shape index (κ3) is 3.46. The fourth-order valence-electron chi connectivity index (χ4n) is 3.87. The molecule has 124 valence electrons. The lowest BCUT2D eigenvalue weighted by molar-refractivity contribution is 0.0533. The average Bonchev–Trinajstić information content (AvgIpc) is 3.20. The highest BCUT2D eigenvalue weighted by Crippen LogP contribution is 2.27. The highest BCUT2D eigenvalue weighted by Gasteiger charge is 2.27. The Labute approximate surface area is 134 Å². The topological polar surface area (TPSA) is 33.5 Å². The van der Waals surface area contributed by atoms with Crippen molar-refractivity contribution >= 4 is 5.95 Å². The van der Waals surface area contributed by atoms with E-state index >= 15 is 0 Å². The number of ether oxygens (including phenoxy) is 1. The second-order valence-electron chi connectivity index (χ2n) is 7.01. The van der Waals surface area contributed by atoms with Gasteiger partial charge in [-0.3, -0.25) is 4.90 Å². The highest BCUT2D eigenvalue weighted by molar-refractivity contribution is 5.31. The summed E-state index contributed by atoms with van der Waals surface area (Å²) in [7, 11) is 6.22. The molecule has 2 aliphatic rings. The first-order valence-electron chi connectivity index (χ1n) is 8.68. The SMILES string of the molecule is CN(C)c1ncc(CN(CC2CCCO2)C2CCCC2)n1C. The van der Waals surface area contributed by atoms with Gasteiger partial charge in [0.25, 0.3) is 0 Å². The van der Waals surface area contributed by atoms with Crippen LogP contribution in [0.15, 0.2) is 6.20 Å². The number of aromatic nitrogens is 2. The van der Waals surface area contributed by atoms with Gasteiger partial charge in [-0.1, -0.05) is 12.8 Å². The molecule has 1 saturated heterocycles. The molecule has 1 saturated carbocycles. The van der Waals surface area contributed by atoms with Gasteiger partial charge in [-0.05, 0) is 25.7 Å². The molecule has 2 fully saturated rings. The first-order valence-corrected chi connectivity index (χ1v) is 8.68. The Hall–Kier alpha value is -1.07. The molecule has 1 unspecified atom stereocenters. The first kappa shape index (κ1) is 15.8. The Kier molecular flexibility index (Phi) is 5.03. The van der Waals surface area contributed by atoms with Crippen LogP contribution >= 0.6 is 0 Å². The van der Waals surface area contributed by atoms with Crippen LogP contribution in [0.5, 0.6) is 0 Å². The molecule has 1 aliphatic carbocycles. The van der Waals surface area contributed by atoms with Crippen molar-refractivity contribution in [1.29, 1.82) is 0 Å². The van der Waals surface area contributed by atoms with Gasteiger partial charge in [0.2, 0.25) is 5.95 Å². The molecule has 1 aliphatic heterocycles. The normalized spacial score (nSPS) is 22.8. The van der Waals surface area contributed by atoms with Gasteiger partial charge < -0.3 is 14.2 Å². The van der Waals surface area contributed by atoms with Crippen molar-refractivity contribution in [3.05, 3.63) is 11.9 Å². The predicted octanol–water partition coefficient (Wildman–Crippen LogP) is 2.41. The van der Waals surface area contributed by atoms with Crippen molar-refractivity contribution in [3.63, 3.8) is 0 Å². The van der Waals surface area contributed by atoms with E-state index in [0.29, 0.717) is 6.10 Å². The summed E-state index contributed by atoms with van der Waals surface area (Å²) < 4.78 is 8.10. The molecule has 1 aromatic rings. The molecule has 0 spiro atoms. The van der Waals surface area contributed by atoms with Crippen LogP contribution < -0.4 is 4.90 Å². The van der Waals surface area contributed by atoms with E-state index in [0.717, 1.165) is 31.7 Å². The van der Waals surface area contributed by atoms with Crippen LogP contribution in [0.3, 0.4) is 0 Å². The van der Waals surface area contributed by atoms with Gasteiger partial charge in [-0.2, -0.15) is 0 Å². The maximum atomic E-state index is 5.88. The zero-order chi connectivity index (χ0) is 15.5. The number of anilines is 1. The second-order valence-corrected chi connectivity index (χ2v) is 7.01. The third-order valence-corrected chi connectivity index (χ3v) is 5.13. The molecular weight excluding hydrogens is 276 g/mol. The smallest absolute Gasteiger partial charge is 0.204 e. The van der Waals surface area contributed by atoms with Gasteiger partial charge in [0.1, 0.15) is 0 Å². The molecule has 0 amide bonds. The van der Waals surface area contributed by atoms with E-state index in [2.05, 4.69) is 26.4 Å². The lowest BCUT2D eigenvalue weighted by Crippen LogP contribution is -2.39. The number of hydrogen-bond donors (Lipinski definition) is 0. The fraction of sp³-hybridized carbons (Fsp3) is 0.824. The van der Waals surface area contributed by atoms with Crippen molar-refractivity contribution in [2.24, 2.45) is 7.05 Å². The summed E-state index contributed by atoms with van der Waals surface area (Å²) in [5.74, 6) is 1.03. The summed E-state index contributed by atoms with van der Waals surface area (Å²) in [4.78, 5) is 9.28. The van der Waals surface area contributed by atoms with E-state index < -0.39 is 0 Å². The van der Waals surface area contributed by atoms with Gasteiger partial charge in [0.05, 0.1) is 18.0 Å². The quantitative estimate of drug-likeness (QED) is 0.808. The monoisotopic (exact) mass is 306 g/mol. The van der Waals surface area contributed by atoms with Crippen LogP contribution in [0.1, 0.15) is 44.2 Å². The van der Waals surface area contributed by atoms with Crippen molar-refractivity contribution in [2.75, 3.05) is 32.1 Å². The summed E-state index contributed by atoms with van der Waals surface area (Å²) >= 11 is 0. The molecule has 5 heteroatoms. The van der Waals surface area contributed by atoms with Crippen molar-refractivity contribution < 1.29 is 4.74 Å². The van der Waals surface area contributed by atoms with E-state index in [4.69, 9.17) is 4.74 Å². The minimum atomic E-state index is 0.433. The largest absolute Gasteiger partial charge is 0.377 e. The number of rotatable bonds is 6. The van der Waals surface area contributed by atoms with Crippen LogP contribution in [0.25, 0.3) is 0 Å². The highest BCUT2D eigenvalue weighted by atomic mass is 16.5. The Bertz CT molecular complexity index is 473. The molecule has 1 atom stereocenters. The van der Waals surface area contributed by atoms with Crippen molar-refractivity contribution in [1.82, 2.24) is 14.5 Å². The van der Waals surface area contributed by atoms with Crippen LogP contribution in [0.2, 0.25) is 0 Å². The van der Waals surface area contributed by atoms with E-state index in [-0.39, 0.29) is 0 Å². The van der Waals surface area contributed by atoms with Gasteiger partial charge in [-0.15, -0.1) is 0 Å². The van der Waals surface area contributed by atoms with Crippen LogP contribution in [0, 0.1) is 0 Å². The van der Waals surface area contributed by atoms with E-state index in [1.54, 1.807) is 0 Å². The summed E-state index contributed by atoms with van der Waals surface area (Å²) in [5, 5.41) is 0. The summed E-state index contributed by atoms with van der Waals surface area (Å²) in [6.45, 7) is 3.01. The predicted molar refractivity (Wildman–Crippen MR) is 89.2 cm³/mol. The van der Waals surface area contributed by atoms with Gasteiger partial charge in [0.15, 0.2) is 0 Å². The molecule has 0 bridgehead atoms. The zero-order valence-corrected chi connectivity index (χ0v) is 14.3. The molecular formula is C17H30N4O. The van der Waals surface area contributed by atoms with E-state index in [1.807, 2.05) is 20.3 Å². The minimum absolute atomic E-state index is 0.433. The van der Waals surface area contributed by atoms with E-state index in [9.17, 15) is 0 Å². The lowest BCUT2D eigenvalue weighted by Gasteiger charge is -2.31. The molecule has 2 heterocycles. The van der Waals surface area contributed by atoms with Crippen molar-refractivity contribution in [2.45, 2.75) is 57.2 Å². The van der Waals surface area contributed by atoms with Crippen molar-refractivity contribution in [3.8, 4) is 0 Å². The number of hydrogen-bond acceptors (Lipinski definition) is 4. The first-order chi connectivity index (χ1) is 10.6. The zero-order valence-electron chi connectivity index (χ0n) is 14.3. The Morgan fingerprint density at radius 2 is 2.00 bits per heavy atom. The second kappa shape index (κ2) is 7.01. The summed E-state index contributed by atoms with van der Waals surface area (Å²) in [6.07, 6.45) is 10.3. The Morgan fingerprint density at radius 1 is 1.23 bits per heavy atom. The number of nitrogens with zero attached hydrogens (tertiary/aromatic N) is 4. The molecule has 1 aromatic heterocycles. The molecule has 22 heavy (non-hydrogen) atoms. The Morgan fingerprint density at radius 3 is 2.59 bits per heavy atom. The Balaban J connectivity index is 1.71. The summed E-state index contributed by atoms with van der Waals surface area (Å²) in [5.41, 5.74) is 1.30. The molecule has 3 rings (SSSR count). The average molecular weight is 306 g/mol. The maximum absolute atomic E-state index is 5.88. The standard InChI is InChI=1S/C17H30N4O/c1-19(2)17-18-11-15(20(17)3)12-21(14-7-4-5-8-14)13-16-9-6-10-22-16/h11,14,16H,4-10,12-13H2,1-3H3. The number of imidazole rings is 1. The molecule has 0 radical (unpaired) electrons.